The number of hydrogen-bond donors (Lipinski definition) is 1. The molecule has 1 N–H and O–H groups in total. The lowest BCUT2D eigenvalue weighted by molar-refractivity contribution is -0.136. The first-order chi connectivity index (χ1) is 10.1. The molecule has 0 bridgehead atoms. The maximum absolute atomic E-state index is 10.5. The Bertz CT molecular complexity index is 541. The van der Waals surface area contributed by atoms with Gasteiger partial charge in [-0.05, 0) is 24.1 Å². The van der Waals surface area contributed by atoms with E-state index in [1.54, 1.807) is 14.2 Å². The van der Waals surface area contributed by atoms with E-state index in [-0.39, 0.29) is 12.5 Å². The normalized spacial score (nSPS) is 17.0. The lowest BCUT2D eigenvalue weighted by Gasteiger charge is -2.12. The Morgan fingerprint density at radius 1 is 1.38 bits per heavy atom. The monoisotopic (exact) mass is 293 g/mol. The average molecular weight is 293 g/mol. The molecule has 21 heavy (non-hydrogen) atoms. The Balaban J connectivity index is 1.90. The lowest BCUT2D eigenvalue weighted by atomic mass is 10.0. The maximum Gasteiger partial charge on any atom is 0.303 e. The highest BCUT2D eigenvalue weighted by atomic mass is 16.6. The molecule has 0 aliphatic carbocycles. The SMILES string of the molecule is COc1ccc(CC2CC(CCC(=O)O)=NO2)cc1OC. The maximum atomic E-state index is 10.5. The summed E-state index contributed by atoms with van der Waals surface area (Å²) in [6, 6.07) is 5.73. The Morgan fingerprint density at radius 3 is 2.81 bits per heavy atom. The molecule has 1 heterocycles. The molecule has 6 heteroatoms. The number of methoxy groups -OCH3 is 2. The van der Waals surface area contributed by atoms with Crippen molar-refractivity contribution in [2.75, 3.05) is 14.2 Å². The fraction of sp³-hybridized carbons (Fsp3) is 0.467. The molecule has 1 atom stereocenters. The Hall–Kier alpha value is -2.24. The van der Waals surface area contributed by atoms with Crippen LogP contribution in [0.4, 0.5) is 0 Å². The van der Waals surface area contributed by atoms with Gasteiger partial charge in [0, 0.05) is 12.8 Å². The number of nitrogens with zero attached hydrogens (tertiary/aromatic N) is 1. The van der Waals surface area contributed by atoms with Crippen molar-refractivity contribution in [3.63, 3.8) is 0 Å². The zero-order valence-corrected chi connectivity index (χ0v) is 12.2. The first-order valence-corrected chi connectivity index (χ1v) is 6.76. The predicted octanol–water partition coefficient (Wildman–Crippen LogP) is 2.26. The molecule has 6 nitrogen and oxygen atoms in total. The van der Waals surface area contributed by atoms with E-state index < -0.39 is 5.97 Å². The molecule has 1 aromatic carbocycles. The molecule has 0 spiro atoms. The first kappa shape index (κ1) is 15.2. The van der Waals surface area contributed by atoms with Crippen molar-refractivity contribution in [3.05, 3.63) is 23.8 Å². The number of carbonyl (C=O) groups is 1. The number of oxime groups is 1. The fourth-order valence-corrected chi connectivity index (χ4v) is 2.27. The van der Waals surface area contributed by atoms with E-state index in [9.17, 15) is 4.79 Å². The molecule has 0 radical (unpaired) electrons. The largest absolute Gasteiger partial charge is 0.493 e. The van der Waals surface area contributed by atoms with Crippen LogP contribution < -0.4 is 9.47 Å². The van der Waals surface area contributed by atoms with Gasteiger partial charge in [0.1, 0.15) is 6.10 Å². The molecule has 0 saturated heterocycles. The van der Waals surface area contributed by atoms with Crippen molar-refractivity contribution in [2.24, 2.45) is 5.16 Å². The summed E-state index contributed by atoms with van der Waals surface area (Å²) >= 11 is 0. The van der Waals surface area contributed by atoms with Gasteiger partial charge >= 0.3 is 5.97 Å². The van der Waals surface area contributed by atoms with Gasteiger partial charge in [-0.25, -0.2) is 0 Å². The zero-order chi connectivity index (χ0) is 15.2. The summed E-state index contributed by atoms with van der Waals surface area (Å²) in [4.78, 5) is 15.9. The van der Waals surface area contributed by atoms with Gasteiger partial charge in [-0.1, -0.05) is 11.2 Å². The van der Waals surface area contributed by atoms with Crippen molar-refractivity contribution in [2.45, 2.75) is 31.8 Å². The quantitative estimate of drug-likeness (QED) is 0.834. The highest BCUT2D eigenvalue weighted by Gasteiger charge is 2.22. The number of carboxylic acids is 1. The summed E-state index contributed by atoms with van der Waals surface area (Å²) in [6.07, 6.45) is 1.84. The van der Waals surface area contributed by atoms with E-state index in [1.807, 2.05) is 18.2 Å². The summed E-state index contributed by atoms with van der Waals surface area (Å²) < 4.78 is 10.5. The topological polar surface area (TPSA) is 77.4 Å². The second-order valence-corrected chi connectivity index (χ2v) is 4.88. The Labute approximate surface area is 123 Å². The third kappa shape index (κ3) is 4.11. The smallest absolute Gasteiger partial charge is 0.303 e. The molecule has 0 saturated carbocycles. The van der Waals surface area contributed by atoms with Crippen LogP contribution in [0.5, 0.6) is 11.5 Å². The minimum absolute atomic E-state index is 0.0492. The average Bonchev–Trinajstić information content (AvgIpc) is 2.92. The van der Waals surface area contributed by atoms with E-state index >= 15 is 0 Å². The molecule has 1 aliphatic rings. The summed E-state index contributed by atoms with van der Waals surface area (Å²) in [5.74, 6) is 0.549. The van der Waals surface area contributed by atoms with Crippen LogP contribution >= 0.6 is 0 Å². The van der Waals surface area contributed by atoms with Crippen LogP contribution in [0.3, 0.4) is 0 Å². The Morgan fingerprint density at radius 2 is 2.14 bits per heavy atom. The number of carboxylic acid groups (broad SMARTS) is 1. The van der Waals surface area contributed by atoms with Gasteiger partial charge in [0.25, 0.3) is 0 Å². The van der Waals surface area contributed by atoms with Gasteiger partial charge in [0.15, 0.2) is 11.5 Å². The van der Waals surface area contributed by atoms with Gasteiger partial charge in [-0.2, -0.15) is 0 Å². The molecule has 0 fully saturated rings. The van der Waals surface area contributed by atoms with Crippen molar-refractivity contribution in [1.82, 2.24) is 0 Å². The zero-order valence-electron chi connectivity index (χ0n) is 12.2. The van der Waals surface area contributed by atoms with Crippen molar-refractivity contribution < 1.29 is 24.2 Å². The van der Waals surface area contributed by atoms with Gasteiger partial charge < -0.3 is 19.4 Å². The molecule has 0 aromatic heterocycles. The number of benzene rings is 1. The highest BCUT2D eigenvalue weighted by molar-refractivity contribution is 5.88. The van der Waals surface area contributed by atoms with E-state index in [0.717, 1.165) is 11.3 Å². The molecule has 0 amide bonds. The third-order valence-corrected chi connectivity index (χ3v) is 3.33. The van der Waals surface area contributed by atoms with E-state index in [2.05, 4.69) is 5.16 Å². The van der Waals surface area contributed by atoms with Gasteiger partial charge in [-0.15, -0.1) is 0 Å². The lowest BCUT2D eigenvalue weighted by Crippen LogP contribution is -2.12. The first-order valence-electron chi connectivity index (χ1n) is 6.76. The second-order valence-electron chi connectivity index (χ2n) is 4.88. The predicted molar refractivity (Wildman–Crippen MR) is 77.0 cm³/mol. The van der Waals surface area contributed by atoms with Gasteiger partial charge in [0.05, 0.1) is 26.4 Å². The van der Waals surface area contributed by atoms with Crippen molar-refractivity contribution in [1.29, 1.82) is 0 Å². The molecular formula is C15H19NO5. The number of ether oxygens (including phenoxy) is 2. The van der Waals surface area contributed by atoms with E-state index in [4.69, 9.17) is 19.4 Å². The number of hydrogen-bond acceptors (Lipinski definition) is 5. The molecule has 2 rings (SSSR count). The van der Waals surface area contributed by atoms with Crippen LogP contribution in [0.2, 0.25) is 0 Å². The van der Waals surface area contributed by atoms with Gasteiger partial charge in [0.2, 0.25) is 0 Å². The third-order valence-electron chi connectivity index (χ3n) is 3.33. The van der Waals surface area contributed by atoms with Crippen molar-refractivity contribution in [3.8, 4) is 11.5 Å². The Kier molecular flexibility index (Phi) is 5.03. The minimum Gasteiger partial charge on any atom is -0.493 e. The van der Waals surface area contributed by atoms with E-state index in [1.165, 1.54) is 0 Å². The van der Waals surface area contributed by atoms with Crippen LogP contribution in [-0.2, 0) is 16.1 Å². The minimum atomic E-state index is -0.818. The molecule has 114 valence electrons. The molecule has 1 aromatic rings. The second kappa shape index (κ2) is 6.97. The molecule has 1 unspecified atom stereocenters. The van der Waals surface area contributed by atoms with Crippen molar-refractivity contribution >= 4 is 11.7 Å². The van der Waals surface area contributed by atoms with Crippen LogP contribution in [0.25, 0.3) is 0 Å². The van der Waals surface area contributed by atoms with Crippen LogP contribution in [0, 0.1) is 0 Å². The summed E-state index contributed by atoms with van der Waals surface area (Å²) in [6.45, 7) is 0. The molecule has 1 aliphatic heterocycles. The summed E-state index contributed by atoms with van der Waals surface area (Å²) in [5.41, 5.74) is 1.87. The fourth-order valence-electron chi connectivity index (χ4n) is 2.27. The standard InChI is InChI=1S/C15H19NO5/c1-19-13-5-3-10(8-14(13)20-2)7-12-9-11(16-21-12)4-6-15(17)18/h3,5,8,12H,4,6-7,9H2,1-2H3,(H,17,18). The van der Waals surface area contributed by atoms with Crippen LogP contribution in [-0.4, -0.2) is 37.1 Å². The highest BCUT2D eigenvalue weighted by Crippen LogP contribution is 2.29. The molecular weight excluding hydrogens is 274 g/mol. The number of aliphatic carboxylic acids is 1. The van der Waals surface area contributed by atoms with Crippen LogP contribution in [0.1, 0.15) is 24.8 Å². The van der Waals surface area contributed by atoms with Gasteiger partial charge in [-0.3, -0.25) is 4.79 Å². The van der Waals surface area contributed by atoms with E-state index in [0.29, 0.717) is 30.8 Å². The number of rotatable bonds is 7. The summed E-state index contributed by atoms with van der Waals surface area (Å²) in [7, 11) is 3.20. The summed E-state index contributed by atoms with van der Waals surface area (Å²) in [5, 5.41) is 12.6. The van der Waals surface area contributed by atoms with Crippen LogP contribution in [0.15, 0.2) is 23.4 Å².